The first-order chi connectivity index (χ1) is 12.0. The van der Waals surface area contributed by atoms with Gasteiger partial charge in [-0.25, -0.2) is 9.80 Å². The molecule has 0 saturated carbocycles. The molecule has 0 bridgehead atoms. The number of aryl methyl sites for hydroxylation is 1. The zero-order valence-electron chi connectivity index (χ0n) is 13.8. The van der Waals surface area contributed by atoms with Crippen molar-refractivity contribution in [3.8, 4) is 0 Å². The molecule has 1 heterocycles. The van der Waals surface area contributed by atoms with Crippen molar-refractivity contribution in [2.75, 3.05) is 12.1 Å². The maximum atomic E-state index is 12.5. The molecule has 1 N–H and O–H groups in total. The van der Waals surface area contributed by atoms with Gasteiger partial charge in [-0.2, -0.15) is 0 Å². The topological polar surface area (TPSA) is 75.7 Å². The van der Waals surface area contributed by atoms with Gasteiger partial charge in [-0.3, -0.25) is 15.0 Å². The van der Waals surface area contributed by atoms with E-state index in [1.165, 1.54) is 19.2 Å². The zero-order chi connectivity index (χ0) is 18.0. The number of hydrogen-bond acceptors (Lipinski definition) is 4. The summed E-state index contributed by atoms with van der Waals surface area (Å²) in [5.41, 5.74) is 5.26. The Kier molecular flexibility index (Phi) is 4.35. The summed E-state index contributed by atoms with van der Waals surface area (Å²) in [5, 5.41) is 1.16. The molecule has 6 heteroatoms. The summed E-state index contributed by atoms with van der Waals surface area (Å²) in [6, 6.07) is 13.7. The number of carbonyl (C=O) groups is 3. The van der Waals surface area contributed by atoms with Gasteiger partial charge >= 0.3 is 5.97 Å². The highest BCUT2D eigenvalue weighted by Crippen LogP contribution is 2.22. The molecule has 3 rings (SSSR count). The summed E-state index contributed by atoms with van der Waals surface area (Å²) in [5.74, 6) is -1.39. The predicted molar refractivity (Wildman–Crippen MR) is 92.6 cm³/mol. The van der Waals surface area contributed by atoms with Crippen LogP contribution in [0.4, 0.5) is 5.69 Å². The number of hydrogen-bond donors (Lipinski definition) is 1. The SMILES string of the molecule is COC(=O)c1ccc(N2NC(=O)C(=Cc3ccc(C)cc3)C2=O)cc1. The molecule has 1 aliphatic heterocycles. The molecule has 1 saturated heterocycles. The van der Waals surface area contributed by atoms with Crippen molar-refractivity contribution in [3.05, 3.63) is 70.8 Å². The van der Waals surface area contributed by atoms with E-state index in [-0.39, 0.29) is 5.57 Å². The molecule has 2 aromatic rings. The van der Waals surface area contributed by atoms with Gasteiger partial charge < -0.3 is 4.74 Å². The van der Waals surface area contributed by atoms with Crippen LogP contribution in [-0.4, -0.2) is 24.9 Å². The van der Waals surface area contributed by atoms with E-state index in [0.717, 1.165) is 16.1 Å². The number of nitrogens with zero attached hydrogens (tertiary/aromatic N) is 1. The van der Waals surface area contributed by atoms with Crippen molar-refractivity contribution >= 4 is 29.5 Å². The van der Waals surface area contributed by atoms with Crippen LogP contribution in [0.5, 0.6) is 0 Å². The van der Waals surface area contributed by atoms with Gasteiger partial charge in [0.1, 0.15) is 5.57 Å². The van der Waals surface area contributed by atoms with Gasteiger partial charge in [-0.15, -0.1) is 0 Å². The van der Waals surface area contributed by atoms with E-state index in [1.807, 2.05) is 31.2 Å². The minimum Gasteiger partial charge on any atom is -0.465 e. The Balaban J connectivity index is 1.86. The number of amides is 2. The first-order valence-electron chi connectivity index (χ1n) is 7.62. The Morgan fingerprint density at radius 2 is 1.68 bits per heavy atom. The minimum absolute atomic E-state index is 0.0564. The maximum Gasteiger partial charge on any atom is 0.337 e. The van der Waals surface area contributed by atoms with Crippen molar-refractivity contribution in [1.29, 1.82) is 0 Å². The lowest BCUT2D eigenvalue weighted by molar-refractivity contribution is -0.117. The third-order valence-electron chi connectivity index (χ3n) is 3.83. The van der Waals surface area contributed by atoms with Crippen LogP contribution in [0.3, 0.4) is 0 Å². The lowest BCUT2D eigenvalue weighted by atomic mass is 10.1. The van der Waals surface area contributed by atoms with Gasteiger partial charge in [-0.1, -0.05) is 29.8 Å². The standard InChI is InChI=1S/C19H16N2O4/c1-12-3-5-13(6-4-12)11-16-17(22)20-21(18(16)23)15-9-7-14(8-10-15)19(24)25-2/h3-11H,1-2H3,(H,20,22). The number of esters is 1. The zero-order valence-corrected chi connectivity index (χ0v) is 13.8. The van der Waals surface area contributed by atoms with Crippen LogP contribution in [0.2, 0.25) is 0 Å². The third-order valence-corrected chi connectivity index (χ3v) is 3.83. The van der Waals surface area contributed by atoms with Crippen molar-refractivity contribution in [2.24, 2.45) is 0 Å². The Bertz CT molecular complexity index is 867. The molecule has 0 aromatic heterocycles. The number of rotatable bonds is 3. The summed E-state index contributed by atoms with van der Waals surface area (Å²) < 4.78 is 4.63. The molecule has 25 heavy (non-hydrogen) atoms. The quantitative estimate of drug-likeness (QED) is 0.530. The van der Waals surface area contributed by atoms with E-state index in [9.17, 15) is 14.4 Å². The van der Waals surface area contributed by atoms with Crippen LogP contribution in [-0.2, 0) is 14.3 Å². The summed E-state index contributed by atoms with van der Waals surface area (Å²) in [6.45, 7) is 1.96. The molecule has 1 aliphatic rings. The van der Waals surface area contributed by atoms with Crippen molar-refractivity contribution < 1.29 is 19.1 Å². The predicted octanol–water partition coefficient (Wildman–Crippen LogP) is 2.24. The van der Waals surface area contributed by atoms with Gasteiger partial charge in [0.15, 0.2) is 0 Å². The number of carbonyl (C=O) groups excluding carboxylic acids is 3. The summed E-state index contributed by atoms with van der Waals surface area (Å²) in [6.07, 6.45) is 1.56. The van der Waals surface area contributed by atoms with Gasteiger partial charge in [0.25, 0.3) is 11.8 Å². The summed E-state index contributed by atoms with van der Waals surface area (Å²) in [4.78, 5) is 36.2. The average Bonchev–Trinajstić information content (AvgIpc) is 2.91. The first-order valence-corrected chi connectivity index (χ1v) is 7.62. The molecule has 2 aromatic carbocycles. The average molecular weight is 336 g/mol. The van der Waals surface area contributed by atoms with Crippen molar-refractivity contribution in [2.45, 2.75) is 6.92 Å². The summed E-state index contributed by atoms with van der Waals surface area (Å²) >= 11 is 0. The molecule has 0 radical (unpaired) electrons. The summed E-state index contributed by atoms with van der Waals surface area (Å²) in [7, 11) is 1.29. The van der Waals surface area contributed by atoms with E-state index < -0.39 is 17.8 Å². The number of nitrogens with one attached hydrogen (secondary N) is 1. The van der Waals surface area contributed by atoms with E-state index in [1.54, 1.807) is 18.2 Å². The van der Waals surface area contributed by atoms with E-state index in [4.69, 9.17) is 0 Å². The smallest absolute Gasteiger partial charge is 0.337 e. The number of methoxy groups -OCH3 is 1. The molecule has 0 aliphatic carbocycles. The van der Waals surface area contributed by atoms with Crippen molar-refractivity contribution in [3.63, 3.8) is 0 Å². The van der Waals surface area contributed by atoms with Crippen LogP contribution >= 0.6 is 0 Å². The number of anilines is 1. The van der Waals surface area contributed by atoms with Gasteiger partial charge in [-0.05, 0) is 42.8 Å². The Labute approximate surface area is 144 Å². The van der Waals surface area contributed by atoms with Crippen LogP contribution < -0.4 is 10.4 Å². The van der Waals surface area contributed by atoms with Crippen LogP contribution in [0.25, 0.3) is 6.08 Å². The number of benzene rings is 2. The molecule has 0 unspecified atom stereocenters. The Hall–Kier alpha value is -3.41. The normalized spacial score (nSPS) is 15.4. The number of ether oxygens (including phenoxy) is 1. The van der Waals surface area contributed by atoms with Crippen molar-refractivity contribution in [1.82, 2.24) is 5.43 Å². The largest absolute Gasteiger partial charge is 0.465 e. The highest BCUT2D eigenvalue weighted by Gasteiger charge is 2.34. The van der Waals surface area contributed by atoms with Crippen LogP contribution in [0.1, 0.15) is 21.5 Å². The maximum absolute atomic E-state index is 12.5. The molecule has 1 fully saturated rings. The minimum atomic E-state index is -0.470. The molecular weight excluding hydrogens is 320 g/mol. The molecule has 6 nitrogen and oxygen atoms in total. The molecule has 0 spiro atoms. The lowest BCUT2D eigenvalue weighted by Gasteiger charge is -2.14. The fraction of sp³-hybridized carbons (Fsp3) is 0.105. The first kappa shape index (κ1) is 16.4. The fourth-order valence-electron chi connectivity index (χ4n) is 2.43. The Morgan fingerprint density at radius 3 is 2.28 bits per heavy atom. The lowest BCUT2D eigenvalue weighted by Crippen LogP contribution is -2.35. The van der Waals surface area contributed by atoms with E-state index in [0.29, 0.717) is 11.3 Å². The van der Waals surface area contributed by atoms with Gasteiger partial charge in [0.05, 0.1) is 18.4 Å². The highest BCUT2D eigenvalue weighted by atomic mass is 16.5. The molecule has 126 valence electrons. The second-order valence-corrected chi connectivity index (χ2v) is 5.59. The fourth-order valence-corrected chi connectivity index (χ4v) is 2.43. The molecule has 2 amide bonds. The van der Waals surface area contributed by atoms with Gasteiger partial charge in [0, 0.05) is 0 Å². The molecule has 0 atom stereocenters. The number of hydrazine groups is 1. The highest BCUT2D eigenvalue weighted by molar-refractivity contribution is 6.31. The third kappa shape index (κ3) is 3.28. The van der Waals surface area contributed by atoms with Crippen LogP contribution in [0, 0.1) is 6.92 Å². The van der Waals surface area contributed by atoms with Crippen LogP contribution in [0.15, 0.2) is 54.1 Å². The van der Waals surface area contributed by atoms with E-state index >= 15 is 0 Å². The Morgan fingerprint density at radius 1 is 1.04 bits per heavy atom. The second-order valence-electron chi connectivity index (χ2n) is 5.59. The molecular formula is C19H16N2O4. The van der Waals surface area contributed by atoms with Gasteiger partial charge in [0.2, 0.25) is 0 Å². The van der Waals surface area contributed by atoms with E-state index in [2.05, 4.69) is 10.2 Å². The second kappa shape index (κ2) is 6.60. The monoisotopic (exact) mass is 336 g/mol.